The highest BCUT2D eigenvalue weighted by molar-refractivity contribution is 9.10. The first-order valence-electron chi connectivity index (χ1n) is 5.79. The highest BCUT2D eigenvalue weighted by Crippen LogP contribution is 2.44. The fourth-order valence-corrected chi connectivity index (χ4v) is 2.74. The van der Waals surface area contributed by atoms with E-state index in [0.29, 0.717) is 24.1 Å². The molecule has 1 aliphatic heterocycles. The molecule has 0 aliphatic carbocycles. The van der Waals surface area contributed by atoms with Crippen molar-refractivity contribution in [2.45, 2.75) is 13.0 Å². The van der Waals surface area contributed by atoms with Gasteiger partial charge in [-0.15, -0.1) is 0 Å². The van der Waals surface area contributed by atoms with Gasteiger partial charge in [0.15, 0.2) is 11.5 Å². The normalized spacial score (nSPS) is 13.2. The SMILES string of the molecule is COc1cc(-c2noc(CN)n2)c(Br)c2c1OCC2. The van der Waals surface area contributed by atoms with Crippen molar-refractivity contribution in [3.05, 3.63) is 22.0 Å². The van der Waals surface area contributed by atoms with Gasteiger partial charge < -0.3 is 19.7 Å². The molecule has 3 rings (SSSR count). The Morgan fingerprint density at radius 2 is 2.37 bits per heavy atom. The van der Waals surface area contributed by atoms with Crippen LogP contribution in [0.4, 0.5) is 0 Å². The minimum atomic E-state index is 0.218. The monoisotopic (exact) mass is 325 g/mol. The van der Waals surface area contributed by atoms with Gasteiger partial charge in [-0.1, -0.05) is 5.16 Å². The second-order valence-corrected chi connectivity index (χ2v) is 4.86. The molecule has 2 heterocycles. The Bertz CT molecular complexity index is 627. The number of hydrogen-bond donors (Lipinski definition) is 1. The van der Waals surface area contributed by atoms with Crippen molar-refractivity contribution in [3.8, 4) is 22.9 Å². The van der Waals surface area contributed by atoms with Crippen LogP contribution in [0.1, 0.15) is 11.5 Å². The van der Waals surface area contributed by atoms with Crippen LogP contribution in [0.25, 0.3) is 11.4 Å². The Labute approximate surface area is 118 Å². The molecule has 0 saturated heterocycles. The average Bonchev–Trinajstić information content (AvgIpc) is 3.08. The topological polar surface area (TPSA) is 83.4 Å². The third-order valence-corrected chi connectivity index (χ3v) is 3.88. The Morgan fingerprint density at radius 1 is 1.53 bits per heavy atom. The van der Waals surface area contributed by atoms with Gasteiger partial charge in [-0.25, -0.2) is 0 Å². The Morgan fingerprint density at radius 3 is 3.05 bits per heavy atom. The summed E-state index contributed by atoms with van der Waals surface area (Å²) in [5.41, 5.74) is 7.35. The number of methoxy groups -OCH3 is 1. The predicted molar refractivity (Wildman–Crippen MR) is 71.1 cm³/mol. The van der Waals surface area contributed by atoms with E-state index in [1.165, 1.54) is 0 Å². The molecule has 0 atom stereocenters. The second-order valence-electron chi connectivity index (χ2n) is 4.06. The van der Waals surface area contributed by atoms with E-state index in [1.807, 2.05) is 6.07 Å². The molecule has 19 heavy (non-hydrogen) atoms. The van der Waals surface area contributed by atoms with Crippen molar-refractivity contribution >= 4 is 15.9 Å². The summed E-state index contributed by atoms with van der Waals surface area (Å²) < 4.78 is 16.9. The van der Waals surface area contributed by atoms with Crippen LogP contribution in [-0.2, 0) is 13.0 Å². The van der Waals surface area contributed by atoms with Gasteiger partial charge >= 0.3 is 0 Å². The van der Waals surface area contributed by atoms with Gasteiger partial charge in [0.25, 0.3) is 0 Å². The summed E-state index contributed by atoms with van der Waals surface area (Å²) in [4.78, 5) is 4.23. The van der Waals surface area contributed by atoms with Gasteiger partial charge in [-0.3, -0.25) is 0 Å². The molecule has 2 N–H and O–H groups in total. The third-order valence-electron chi connectivity index (χ3n) is 2.98. The van der Waals surface area contributed by atoms with Crippen LogP contribution in [0.15, 0.2) is 15.1 Å². The number of rotatable bonds is 3. The molecule has 1 aliphatic rings. The largest absolute Gasteiger partial charge is 0.493 e. The van der Waals surface area contributed by atoms with Crippen molar-refractivity contribution in [2.75, 3.05) is 13.7 Å². The summed E-state index contributed by atoms with van der Waals surface area (Å²) in [5, 5.41) is 3.93. The van der Waals surface area contributed by atoms with Crippen LogP contribution >= 0.6 is 15.9 Å². The molecule has 7 heteroatoms. The highest BCUT2D eigenvalue weighted by atomic mass is 79.9. The van der Waals surface area contributed by atoms with Crippen LogP contribution in [-0.4, -0.2) is 23.9 Å². The van der Waals surface area contributed by atoms with Crippen LogP contribution in [0.2, 0.25) is 0 Å². The van der Waals surface area contributed by atoms with Crippen LogP contribution in [0.5, 0.6) is 11.5 Å². The number of nitrogens with two attached hydrogens (primary N) is 1. The lowest BCUT2D eigenvalue weighted by Gasteiger charge is -2.10. The van der Waals surface area contributed by atoms with E-state index >= 15 is 0 Å². The number of benzene rings is 1. The molecule has 0 bridgehead atoms. The lowest BCUT2D eigenvalue weighted by molar-refractivity contribution is 0.326. The van der Waals surface area contributed by atoms with Crippen molar-refractivity contribution in [3.63, 3.8) is 0 Å². The van der Waals surface area contributed by atoms with Gasteiger partial charge in [-0.2, -0.15) is 4.98 Å². The molecular formula is C12H12BrN3O3. The van der Waals surface area contributed by atoms with Crippen molar-refractivity contribution < 1.29 is 14.0 Å². The zero-order valence-corrected chi connectivity index (χ0v) is 11.9. The minimum Gasteiger partial charge on any atom is -0.493 e. The molecule has 2 aromatic rings. The van der Waals surface area contributed by atoms with Crippen molar-refractivity contribution in [1.29, 1.82) is 0 Å². The molecule has 0 spiro atoms. The fourth-order valence-electron chi connectivity index (χ4n) is 2.07. The lowest BCUT2D eigenvalue weighted by Crippen LogP contribution is -1.96. The standard InChI is InChI=1S/C12H12BrN3O3/c1-17-8-4-7(12-15-9(5-14)19-16-12)10(13)6-2-3-18-11(6)8/h4H,2-3,5,14H2,1H3. The molecular weight excluding hydrogens is 314 g/mol. The Kier molecular flexibility index (Phi) is 3.16. The van der Waals surface area contributed by atoms with Crippen LogP contribution in [0, 0.1) is 0 Å². The molecule has 0 saturated carbocycles. The highest BCUT2D eigenvalue weighted by Gasteiger charge is 2.25. The van der Waals surface area contributed by atoms with Crippen molar-refractivity contribution in [2.24, 2.45) is 5.73 Å². The van der Waals surface area contributed by atoms with Gasteiger partial charge in [-0.05, 0) is 22.0 Å². The fraction of sp³-hybridized carbons (Fsp3) is 0.333. The van der Waals surface area contributed by atoms with Crippen LogP contribution in [0.3, 0.4) is 0 Å². The number of nitrogens with zero attached hydrogens (tertiary/aromatic N) is 2. The van der Waals surface area contributed by atoms with E-state index in [2.05, 4.69) is 26.1 Å². The minimum absolute atomic E-state index is 0.218. The number of aromatic nitrogens is 2. The first-order chi connectivity index (χ1) is 9.24. The molecule has 100 valence electrons. The first kappa shape index (κ1) is 12.4. The zero-order chi connectivity index (χ0) is 13.4. The Hall–Kier alpha value is -1.60. The maximum Gasteiger partial charge on any atom is 0.240 e. The van der Waals surface area contributed by atoms with Gasteiger partial charge in [0.05, 0.1) is 20.3 Å². The second kappa shape index (κ2) is 4.82. The van der Waals surface area contributed by atoms with E-state index in [4.69, 9.17) is 19.7 Å². The summed E-state index contributed by atoms with van der Waals surface area (Å²) in [6.45, 7) is 0.865. The third kappa shape index (κ3) is 1.98. The molecule has 0 radical (unpaired) electrons. The smallest absolute Gasteiger partial charge is 0.240 e. The molecule has 1 aromatic carbocycles. The maximum absolute atomic E-state index is 5.58. The molecule has 6 nitrogen and oxygen atoms in total. The van der Waals surface area contributed by atoms with E-state index in [0.717, 1.165) is 27.8 Å². The van der Waals surface area contributed by atoms with Gasteiger partial charge in [0.1, 0.15) is 0 Å². The summed E-state index contributed by atoms with van der Waals surface area (Å²) in [6, 6.07) is 1.83. The zero-order valence-electron chi connectivity index (χ0n) is 10.3. The van der Waals surface area contributed by atoms with E-state index in [-0.39, 0.29) is 6.54 Å². The lowest BCUT2D eigenvalue weighted by atomic mass is 10.1. The van der Waals surface area contributed by atoms with Gasteiger partial charge in [0, 0.05) is 22.0 Å². The molecule has 0 unspecified atom stereocenters. The molecule has 0 fully saturated rings. The summed E-state index contributed by atoms with van der Waals surface area (Å²) in [7, 11) is 1.61. The molecule has 0 amide bonds. The van der Waals surface area contributed by atoms with E-state index in [9.17, 15) is 0 Å². The van der Waals surface area contributed by atoms with Crippen LogP contribution < -0.4 is 15.2 Å². The van der Waals surface area contributed by atoms with Gasteiger partial charge in [0.2, 0.25) is 11.7 Å². The number of ether oxygens (including phenoxy) is 2. The summed E-state index contributed by atoms with van der Waals surface area (Å²) >= 11 is 3.58. The van der Waals surface area contributed by atoms with E-state index in [1.54, 1.807) is 7.11 Å². The number of fused-ring (bicyclic) bond motifs is 1. The maximum atomic E-state index is 5.58. The Balaban J connectivity index is 2.16. The van der Waals surface area contributed by atoms with E-state index < -0.39 is 0 Å². The predicted octanol–water partition coefficient (Wildman–Crippen LogP) is 1.90. The first-order valence-corrected chi connectivity index (χ1v) is 6.59. The molecule has 1 aromatic heterocycles. The summed E-state index contributed by atoms with van der Waals surface area (Å²) in [6.07, 6.45) is 0.821. The summed E-state index contributed by atoms with van der Waals surface area (Å²) in [5.74, 6) is 2.34. The average molecular weight is 326 g/mol. The quantitative estimate of drug-likeness (QED) is 0.927. The number of halogens is 1. The number of hydrogen-bond acceptors (Lipinski definition) is 6. The van der Waals surface area contributed by atoms with Crippen molar-refractivity contribution in [1.82, 2.24) is 10.1 Å².